The SMILES string of the molecule is C/C(CP)=C(/Cc1ccccc1)c1cc(Cl)ccc1C. The summed E-state index contributed by atoms with van der Waals surface area (Å²) in [4.78, 5) is 0. The minimum absolute atomic E-state index is 0.799. The molecule has 1 atom stereocenters. The summed E-state index contributed by atoms with van der Waals surface area (Å²) in [5.74, 6) is 0. The maximum atomic E-state index is 6.18. The van der Waals surface area contributed by atoms with Crippen LogP contribution in [0.1, 0.15) is 23.6 Å². The predicted octanol–water partition coefficient (Wildman–Crippen LogP) is 5.54. The topological polar surface area (TPSA) is 0 Å². The van der Waals surface area contributed by atoms with Gasteiger partial charge in [-0.1, -0.05) is 53.6 Å². The molecule has 0 N–H and O–H groups in total. The Morgan fingerprint density at radius 1 is 1.10 bits per heavy atom. The van der Waals surface area contributed by atoms with Crippen molar-refractivity contribution in [3.05, 3.63) is 75.8 Å². The first-order valence-electron chi connectivity index (χ1n) is 6.81. The minimum Gasteiger partial charge on any atom is -0.133 e. The van der Waals surface area contributed by atoms with Crippen LogP contribution in [0.3, 0.4) is 0 Å². The summed E-state index contributed by atoms with van der Waals surface area (Å²) < 4.78 is 0. The van der Waals surface area contributed by atoms with Gasteiger partial charge in [-0.25, -0.2) is 0 Å². The molecular formula is C18H20ClP. The van der Waals surface area contributed by atoms with Crippen LogP contribution in [0.2, 0.25) is 5.02 Å². The van der Waals surface area contributed by atoms with Crippen molar-refractivity contribution in [2.75, 3.05) is 6.16 Å². The molecule has 0 aliphatic carbocycles. The Bertz CT molecular complexity index is 615. The quantitative estimate of drug-likeness (QED) is 0.650. The van der Waals surface area contributed by atoms with Gasteiger partial charge in [0.15, 0.2) is 0 Å². The molecule has 1 unspecified atom stereocenters. The first kappa shape index (κ1) is 15.3. The van der Waals surface area contributed by atoms with Crippen LogP contribution in [0.5, 0.6) is 0 Å². The molecule has 0 aromatic heterocycles. The third kappa shape index (κ3) is 3.72. The van der Waals surface area contributed by atoms with E-state index in [9.17, 15) is 0 Å². The number of benzene rings is 2. The van der Waals surface area contributed by atoms with Crippen LogP contribution >= 0.6 is 20.8 Å². The lowest BCUT2D eigenvalue weighted by Crippen LogP contribution is -1.98. The van der Waals surface area contributed by atoms with Crippen LogP contribution in [0.15, 0.2) is 54.1 Å². The summed E-state index contributed by atoms with van der Waals surface area (Å²) in [6.07, 6.45) is 1.93. The third-order valence-corrected chi connectivity index (χ3v) is 4.42. The number of hydrogen-bond donors (Lipinski definition) is 0. The lowest BCUT2D eigenvalue weighted by atomic mass is 9.92. The molecule has 0 aliphatic heterocycles. The van der Waals surface area contributed by atoms with Gasteiger partial charge in [0.1, 0.15) is 0 Å². The molecule has 0 spiro atoms. The molecule has 104 valence electrons. The van der Waals surface area contributed by atoms with Crippen LogP contribution in [-0.4, -0.2) is 6.16 Å². The van der Waals surface area contributed by atoms with E-state index >= 15 is 0 Å². The highest BCUT2D eigenvalue weighted by Gasteiger charge is 2.10. The van der Waals surface area contributed by atoms with Gasteiger partial charge in [0.25, 0.3) is 0 Å². The van der Waals surface area contributed by atoms with E-state index in [4.69, 9.17) is 11.6 Å². The predicted molar refractivity (Wildman–Crippen MR) is 93.5 cm³/mol. The molecule has 0 saturated carbocycles. The molecular weight excluding hydrogens is 283 g/mol. The highest BCUT2D eigenvalue weighted by molar-refractivity contribution is 7.16. The van der Waals surface area contributed by atoms with Gasteiger partial charge in [-0.2, -0.15) is 0 Å². The molecule has 2 heteroatoms. The van der Waals surface area contributed by atoms with Crippen LogP contribution in [0.4, 0.5) is 0 Å². The average molecular weight is 303 g/mol. The molecule has 0 saturated heterocycles. The number of allylic oxidation sites excluding steroid dienone is 2. The molecule has 2 aromatic carbocycles. The Balaban J connectivity index is 2.47. The Morgan fingerprint density at radius 3 is 2.45 bits per heavy atom. The lowest BCUT2D eigenvalue weighted by Gasteiger charge is -2.15. The Labute approximate surface area is 129 Å². The van der Waals surface area contributed by atoms with E-state index in [1.807, 2.05) is 6.07 Å². The van der Waals surface area contributed by atoms with Crippen LogP contribution in [0.25, 0.3) is 5.57 Å². The Kier molecular flexibility index (Phi) is 5.40. The number of rotatable bonds is 4. The maximum absolute atomic E-state index is 6.18. The molecule has 0 fully saturated rings. The molecule has 2 aromatic rings. The van der Waals surface area contributed by atoms with Gasteiger partial charge in [0.05, 0.1) is 0 Å². The molecule has 0 radical (unpaired) electrons. The van der Waals surface area contributed by atoms with E-state index in [0.29, 0.717) is 0 Å². The zero-order valence-electron chi connectivity index (χ0n) is 12.0. The molecule has 0 nitrogen and oxygen atoms in total. The van der Waals surface area contributed by atoms with Gasteiger partial charge in [-0.15, -0.1) is 9.24 Å². The first-order chi connectivity index (χ1) is 9.61. The summed E-state index contributed by atoms with van der Waals surface area (Å²) in [7, 11) is 2.82. The first-order valence-corrected chi connectivity index (χ1v) is 8.00. The van der Waals surface area contributed by atoms with E-state index in [-0.39, 0.29) is 0 Å². The highest BCUT2D eigenvalue weighted by atomic mass is 35.5. The zero-order chi connectivity index (χ0) is 14.5. The summed E-state index contributed by atoms with van der Waals surface area (Å²) in [6, 6.07) is 16.7. The number of halogens is 1. The fraction of sp³-hybridized carbons (Fsp3) is 0.222. The monoisotopic (exact) mass is 302 g/mol. The largest absolute Gasteiger partial charge is 0.133 e. The Morgan fingerprint density at radius 2 is 1.80 bits per heavy atom. The van der Waals surface area contributed by atoms with Crippen molar-refractivity contribution in [3.63, 3.8) is 0 Å². The van der Waals surface area contributed by atoms with E-state index in [2.05, 4.69) is 65.6 Å². The molecule has 0 bridgehead atoms. The van der Waals surface area contributed by atoms with Crippen LogP contribution in [0, 0.1) is 6.92 Å². The highest BCUT2D eigenvalue weighted by Crippen LogP contribution is 2.29. The van der Waals surface area contributed by atoms with Crippen molar-refractivity contribution in [1.29, 1.82) is 0 Å². The van der Waals surface area contributed by atoms with Gasteiger partial charge in [-0.3, -0.25) is 0 Å². The van der Waals surface area contributed by atoms with Crippen LogP contribution in [-0.2, 0) is 6.42 Å². The van der Waals surface area contributed by atoms with Crippen molar-refractivity contribution in [2.45, 2.75) is 20.3 Å². The second-order valence-corrected chi connectivity index (χ2v) is 5.93. The van der Waals surface area contributed by atoms with E-state index in [1.165, 1.54) is 27.8 Å². The standard InChI is InChI=1S/C18H20ClP/c1-13-8-9-16(19)11-18(13)17(14(2)12-20)10-15-6-4-3-5-7-15/h3-9,11H,10,12,20H2,1-2H3/b17-14+. The van der Waals surface area contributed by atoms with Crippen molar-refractivity contribution >= 4 is 26.4 Å². The van der Waals surface area contributed by atoms with Gasteiger partial charge < -0.3 is 0 Å². The molecule has 0 aliphatic rings. The lowest BCUT2D eigenvalue weighted by molar-refractivity contribution is 1.22. The van der Waals surface area contributed by atoms with E-state index in [0.717, 1.165) is 17.6 Å². The summed E-state index contributed by atoms with van der Waals surface area (Å²) >= 11 is 6.18. The number of aryl methyl sites for hydroxylation is 1. The average Bonchev–Trinajstić information content (AvgIpc) is 2.48. The van der Waals surface area contributed by atoms with Crippen molar-refractivity contribution in [1.82, 2.24) is 0 Å². The van der Waals surface area contributed by atoms with E-state index in [1.54, 1.807) is 0 Å². The Hall–Kier alpha value is -1.10. The van der Waals surface area contributed by atoms with Gasteiger partial charge in [-0.05, 0) is 60.8 Å². The minimum atomic E-state index is 0.799. The smallest absolute Gasteiger partial charge is 0.0412 e. The molecule has 2 rings (SSSR count). The summed E-state index contributed by atoms with van der Waals surface area (Å²) in [5.41, 5.74) is 6.65. The van der Waals surface area contributed by atoms with Gasteiger partial charge in [0.2, 0.25) is 0 Å². The fourth-order valence-electron chi connectivity index (χ4n) is 2.32. The summed E-state index contributed by atoms with van der Waals surface area (Å²) in [6.45, 7) is 4.35. The molecule has 20 heavy (non-hydrogen) atoms. The fourth-order valence-corrected chi connectivity index (χ4v) is 2.74. The molecule has 0 amide bonds. The van der Waals surface area contributed by atoms with Crippen LogP contribution < -0.4 is 0 Å². The van der Waals surface area contributed by atoms with Crippen molar-refractivity contribution in [2.24, 2.45) is 0 Å². The number of hydrogen-bond acceptors (Lipinski definition) is 0. The second kappa shape index (κ2) is 7.07. The normalized spacial score (nSPS) is 12.2. The van der Waals surface area contributed by atoms with Gasteiger partial charge >= 0.3 is 0 Å². The second-order valence-electron chi connectivity index (χ2n) is 5.08. The van der Waals surface area contributed by atoms with Crippen molar-refractivity contribution in [3.8, 4) is 0 Å². The zero-order valence-corrected chi connectivity index (χ0v) is 13.9. The van der Waals surface area contributed by atoms with Gasteiger partial charge in [0, 0.05) is 5.02 Å². The molecule has 0 heterocycles. The van der Waals surface area contributed by atoms with E-state index < -0.39 is 0 Å². The van der Waals surface area contributed by atoms with Crippen molar-refractivity contribution < 1.29 is 0 Å². The third-order valence-electron chi connectivity index (χ3n) is 3.57. The maximum Gasteiger partial charge on any atom is 0.0412 e. The summed E-state index contributed by atoms with van der Waals surface area (Å²) in [5, 5.41) is 0.799.